The summed E-state index contributed by atoms with van der Waals surface area (Å²) in [7, 11) is 0. The lowest BCUT2D eigenvalue weighted by atomic mass is 9.90. The summed E-state index contributed by atoms with van der Waals surface area (Å²) in [6.45, 7) is 0. The molecule has 1 aliphatic rings. The van der Waals surface area contributed by atoms with Crippen LogP contribution in [0.2, 0.25) is 0 Å². The number of nitro groups is 1. The molecule has 0 saturated heterocycles. The lowest BCUT2D eigenvalue weighted by molar-refractivity contribution is -0.385. The molecule has 0 amide bonds. The Hall–Kier alpha value is -3.02. The maximum absolute atomic E-state index is 11.5. The van der Waals surface area contributed by atoms with E-state index in [1.54, 1.807) is 6.07 Å². The number of nitro benzene ring substituents is 1. The minimum absolute atomic E-state index is 0.0319. The van der Waals surface area contributed by atoms with Gasteiger partial charge in [-0.15, -0.1) is 0 Å². The van der Waals surface area contributed by atoms with E-state index in [0.29, 0.717) is 40.5 Å². The van der Waals surface area contributed by atoms with Crippen LogP contribution in [0.3, 0.4) is 0 Å². The zero-order valence-corrected chi connectivity index (χ0v) is 12.9. The van der Waals surface area contributed by atoms with Gasteiger partial charge in [-0.2, -0.15) is 0 Å². The number of aliphatic hydroxyl groups excluding tert-OH is 1. The molecule has 0 bridgehead atoms. The summed E-state index contributed by atoms with van der Waals surface area (Å²) < 4.78 is 0. The van der Waals surface area contributed by atoms with Gasteiger partial charge >= 0.3 is 0 Å². The predicted molar refractivity (Wildman–Crippen MR) is 91.7 cm³/mol. The Balaban J connectivity index is 2.12. The first-order valence-electron chi connectivity index (χ1n) is 7.90. The summed E-state index contributed by atoms with van der Waals surface area (Å²) in [6, 6.07) is 10.5. The summed E-state index contributed by atoms with van der Waals surface area (Å²) >= 11 is 0. The fraction of sp³-hybridized carbons (Fsp3) is 0.222. The Kier molecular flexibility index (Phi) is 3.37. The number of aliphatic hydroxyl groups is 1. The highest BCUT2D eigenvalue weighted by atomic mass is 16.6. The van der Waals surface area contributed by atoms with Crippen LogP contribution >= 0.6 is 0 Å². The van der Waals surface area contributed by atoms with Crippen LogP contribution in [0.15, 0.2) is 42.2 Å². The number of hydrogen-bond donors (Lipinski definition) is 1. The number of nitrogens with zero attached hydrogens (tertiary/aromatic N) is 3. The van der Waals surface area contributed by atoms with Gasteiger partial charge in [0.25, 0.3) is 5.69 Å². The van der Waals surface area contributed by atoms with Gasteiger partial charge in [0.15, 0.2) is 0 Å². The Bertz CT molecular complexity index is 1010. The number of benzene rings is 2. The van der Waals surface area contributed by atoms with E-state index in [1.807, 2.05) is 24.3 Å². The molecular weight excluding hydrogens is 306 g/mol. The van der Waals surface area contributed by atoms with Crippen LogP contribution in [0.1, 0.15) is 31.2 Å². The van der Waals surface area contributed by atoms with Crippen molar-refractivity contribution >= 4 is 33.3 Å². The average molecular weight is 321 g/mol. The minimum Gasteiger partial charge on any atom is -0.512 e. The van der Waals surface area contributed by atoms with E-state index in [-0.39, 0.29) is 11.4 Å². The fourth-order valence-corrected chi connectivity index (χ4v) is 3.28. The Morgan fingerprint density at radius 1 is 0.958 bits per heavy atom. The van der Waals surface area contributed by atoms with Crippen LogP contribution in [0.25, 0.3) is 27.6 Å². The third kappa shape index (κ3) is 2.27. The quantitative estimate of drug-likeness (QED) is 0.425. The number of fused-ring (bicyclic) bond motifs is 2. The molecule has 120 valence electrons. The summed E-state index contributed by atoms with van der Waals surface area (Å²) in [5.74, 6) is 0.229. The summed E-state index contributed by atoms with van der Waals surface area (Å²) in [5.41, 5.74) is 3.51. The van der Waals surface area contributed by atoms with Crippen molar-refractivity contribution in [2.75, 3.05) is 0 Å². The molecule has 0 unspecified atom stereocenters. The molecule has 0 fully saturated rings. The Morgan fingerprint density at radius 3 is 2.38 bits per heavy atom. The van der Waals surface area contributed by atoms with Crippen molar-refractivity contribution in [1.29, 1.82) is 0 Å². The topological polar surface area (TPSA) is 89.2 Å². The zero-order chi connectivity index (χ0) is 16.7. The van der Waals surface area contributed by atoms with E-state index in [2.05, 4.69) is 9.97 Å². The van der Waals surface area contributed by atoms with Gasteiger partial charge in [-0.05, 0) is 37.5 Å². The second-order valence-electron chi connectivity index (χ2n) is 5.93. The number of aromatic nitrogens is 2. The maximum Gasteiger partial charge on any atom is 0.279 e. The largest absolute Gasteiger partial charge is 0.512 e. The van der Waals surface area contributed by atoms with Crippen molar-refractivity contribution in [3.63, 3.8) is 0 Å². The predicted octanol–water partition coefficient (Wildman–Crippen LogP) is 4.53. The second kappa shape index (κ2) is 5.56. The number of hydrogen-bond acceptors (Lipinski definition) is 5. The normalized spacial score (nSPS) is 15.2. The van der Waals surface area contributed by atoms with Gasteiger partial charge in [0.05, 0.1) is 32.8 Å². The van der Waals surface area contributed by atoms with Gasteiger partial charge in [0, 0.05) is 18.1 Å². The van der Waals surface area contributed by atoms with E-state index >= 15 is 0 Å². The molecule has 1 aromatic heterocycles. The van der Waals surface area contributed by atoms with Crippen LogP contribution in [0.5, 0.6) is 0 Å². The molecular formula is C18H15N3O3. The van der Waals surface area contributed by atoms with Gasteiger partial charge < -0.3 is 5.11 Å². The molecule has 2 aromatic carbocycles. The molecule has 3 aromatic rings. The maximum atomic E-state index is 11.5. The average Bonchev–Trinajstić information content (AvgIpc) is 2.59. The summed E-state index contributed by atoms with van der Waals surface area (Å²) in [5, 5.41) is 21.8. The van der Waals surface area contributed by atoms with Crippen molar-refractivity contribution in [1.82, 2.24) is 9.97 Å². The number of rotatable bonds is 2. The van der Waals surface area contributed by atoms with Gasteiger partial charge in [0.2, 0.25) is 0 Å². The molecule has 4 rings (SSSR count). The van der Waals surface area contributed by atoms with Gasteiger partial charge in [-0.3, -0.25) is 10.1 Å². The van der Waals surface area contributed by atoms with Gasteiger partial charge in [-0.25, -0.2) is 9.97 Å². The van der Waals surface area contributed by atoms with Crippen LogP contribution in [0.4, 0.5) is 5.69 Å². The first kappa shape index (κ1) is 14.6. The molecule has 0 radical (unpaired) electrons. The van der Waals surface area contributed by atoms with E-state index in [9.17, 15) is 15.2 Å². The Labute approximate surface area is 137 Å². The molecule has 24 heavy (non-hydrogen) atoms. The minimum atomic E-state index is -0.416. The van der Waals surface area contributed by atoms with E-state index in [4.69, 9.17) is 0 Å². The zero-order valence-electron chi connectivity index (χ0n) is 12.9. The summed E-state index contributed by atoms with van der Waals surface area (Å²) in [4.78, 5) is 20.3. The first-order valence-corrected chi connectivity index (χ1v) is 7.90. The van der Waals surface area contributed by atoms with Crippen molar-refractivity contribution in [2.24, 2.45) is 0 Å². The molecule has 1 heterocycles. The van der Waals surface area contributed by atoms with Crippen molar-refractivity contribution < 1.29 is 10.0 Å². The molecule has 0 spiro atoms. The lowest BCUT2D eigenvalue weighted by Crippen LogP contribution is -2.04. The molecule has 6 nitrogen and oxygen atoms in total. The first-order chi connectivity index (χ1) is 11.6. The highest BCUT2D eigenvalue weighted by Gasteiger charge is 2.26. The third-order valence-electron chi connectivity index (χ3n) is 4.43. The smallest absolute Gasteiger partial charge is 0.279 e. The van der Waals surface area contributed by atoms with E-state index in [1.165, 1.54) is 6.07 Å². The van der Waals surface area contributed by atoms with Crippen LogP contribution in [-0.4, -0.2) is 20.0 Å². The molecule has 0 aliphatic heterocycles. The Morgan fingerprint density at radius 2 is 1.67 bits per heavy atom. The van der Waals surface area contributed by atoms with Crippen LogP contribution in [-0.2, 0) is 0 Å². The molecule has 1 N–H and O–H groups in total. The third-order valence-corrected chi connectivity index (χ3v) is 4.43. The molecule has 0 saturated carbocycles. The number of allylic oxidation sites excluding steroid dienone is 2. The van der Waals surface area contributed by atoms with Crippen molar-refractivity contribution in [3.8, 4) is 0 Å². The lowest BCUT2D eigenvalue weighted by Gasteiger charge is -2.17. The molecule has 0 atom stereocenters. The fourth-order valence-electron chi connectivity index (χ4n) is 3.28. The second-order valence-corrected chi connectivity index (χ2v) is 5.93. The molecule has 1 aliphatic carbocycles. The highest BCUT2D eigenvalue weighted by molar-refractivity contribution is 5.97. The highest BCUT2D eigenvalue weighted by Crippen LogP contribution is 2.39. The van der Waals surface area contributed by atoms with Crippen molar-refractivity contribution in [3.05, 3.63) is 57.8 Å². The van der Waals surface area contributed by atoms with Crippen LogP contribution in [0, 0.1) is 10.1 Å². The standard InChI is InChI=1S/C18H15N3O3/c22-16-8-4-1-5-11(16)17-15(21(23)24)10-9-14-18(17)20-13-7-3-2-6-12(13)19-14/h2-3,6-7,9-10,22H,1,4-5,8H2. The van der Waals surface area contributed by atoms with E-state index in [0.717, 1.165) is 18.4 Å². The van der Waals surface area contributed by atoms with Gasteiger partial charge in [-0.1, -0.05) is 12.1 Å². The number of para-hydroxylation sites is 2. The van der Waals surface area contributed by atoms with Crippen molar-refractivity contribution in [2.45, 2.75) is 25.7 Å². The van der Waals surface area contributed by atoms with Gasteiger partial charge in [0.1, 0.15) is 5.52 Å². The summed E-state index contributed by atoms with van der Waals surface area (Å²) in [6.07, 6.45) is 2.95. The molecule has 6 heteroatoms. The van der Waals surface area contributed by atoms with E-state index < -0.39 is 4.92 Å². The SMILES string of the molecule is O=[N+]([O-])c1ccc2nc3ccccc3nc2c1C1=C(O)CCCC1. The monoisotopic (exact) mass is 321 g/mol. The van der Waals surface area contributed by atoms with Crippen LogP contribution < -0.4 is 0 Å².